The Morgan fingerprint density at radius 1 is 1.13 bits per heavy atom. The van der Waals surface area contributed by atoms with Gasteiger partial charge >= 0.3 is 0 Å². The van der Waals surface area contributed by atoms with Crippen molar-refractivity contribution in [3.63, 3.8) is 0 Å². The average Bonchev–Trinajstić information content (AvgIpc) is 3.58. The normalized spacial score (nSPS) is 18.3. The number of nitrogens with one attached hydrogen (secondary N) is 2. The number of likely N-dealkylation sites (tertiary alicyclic amines) is 1. The summed E-state index contributed by atoms with van der Waals surface area (Å²) in [7, 11) is 1.78. The number of piperidine rings is 1. The summed E-state index contributed by atoms with van der Waals surface area (Å²) < 4.78 is 5.26. The molecule has 3 rings (SSSR count). The quantitative estimate of drug-likeness (QED) is 0.262. The molecule has 0 unspecified atom stereocenters. The van der Waals surface area contributed by atoms with E-state index < -0.39 is 0 Å². The van der Waals surface area contributed by atoms with Gasteiger partial charge in [-0.25, -0.2) is 0 Å². The Bertz CT molecular complexity index is 603. The fourth-order valence-electron chi connectivity index (χ4n) is 4.01. The molecule has 1 aliphatic heterocycles. The minimum atomic E-state index is 0. The molecule has 2 N–H and O–H groups in total. The number of guanidine groups is 1. The molecule has 1 aliphatic carbocycles. The second kappa shape index (κ2) is 14.2. The third kappa shape index (κ3) is 9.08. The maximum atomic E-state index is 5.26. The minimum Gasteiger partial charge on any atom is -0.383 e. The molecule has 1 aromatic carbocycles. The smallest absolute Gasteiger partial charge is 0.191 e. The Balaban J connectivity index is 0.00000320. The molecule has 30 heavy (non-hydrogen) atoms. The van der Waals surface area contributed by atoms with Crippen LogP contribution in [0.3, 0.4) is 0 Å². The maximum absolute atomic E-state index is 5.26. The molecule has 1 heterocycles. The summed E-state index contributed by atoms with van der Waals surface area (Å²) in [6, 6.07) is 12.0. The lowest BCUT2D eigenvalue weighted by Gasteiger charge is -2.33. The van der Waals surface area contributed by atoms with Crippen LogP contribution in [0.15, 0.2) is 35.3 Å². The second-order valence-electron chi connectivity index (χ2n) is 8.20. The Hall–Kier alpha value is -0.900. The first kappa shape index (κ1) is 25.4. The SMILES string of the molecule is CCNC(=NCCN(CCOC)C1CC1)NC1CCN(Cc2ccccc2)CC1.I. The number of nitrogens with zero attached hydrogens (tertiary/aromatic N) is 3. The number of benzene rings is 1. The van der Waals surface area contributed by atoms with Gasteiger partial charge in [0, 0.05) is 58.5 Å². The molecule has 0 bridgehead atoms. The molecular formula is C23H40IN5O. The molecule has 2 aliphatic rings. The lowest BCUT2D eigenvalue weighted by molar-refractivity contribution is 0.145. The van der Waals surface area contributed by atoms with Crippen LogP contribution in [0, 0.1) is 0 Å². The van der Waals surface area contributed by atoms with Crippen LogP contribution < -0.4 is 10.6 Å². The van der Waals surface area contributed by atoms with Crippen LogP contribution in [0.25, 0.3) is 0 Å². The van der Waals surface area contributed by atoms with E-state index in [-0.39, 0.29) is 24.0 Å². The molecule has 6 nitrogen and oxygen atoms in total. The zero-order valence-electron chi connectivity index (χ0n) is 18.7. The molecule has 0 atom stereocenters. The zero-order chi connectivity index (χ0) is 20.3. The summed E-state index contributed by atoms with van der Waals surface area (Å²) in [6.45, 7) is 10.0. The Kier molecular flexibility index (Phi) is 12.0. The van der Waals surface area contributed by atoms with E-state index in [1.807, 2.05) is 0 Å². The van der Waals surface area contributed by atoms with Crippen molar-refractivity contribution in [2.75, 3.05) is 53.0 Å². The summed E-state index contributed by atoms with van der Waals surface area (Å²) >= 11 is 0. The van der Waals surface area contributed by atoms with E-state index in [0.717, 1.165) is 64.4 Å². The van der Waals surface area contributed by atoms with E-state index in [1.54, 1.807) is 7.11 Å². The third-order valence-corrected chi connectivity index (χ3v) is 5.82. The molecule has 1 saturated carbocycles. The van der Waals surface area contributed by atoms with Crippen molar-refractivity contribution in [3.05, 3.63) is 35.9 Å². The summed E-state index contributed by atoms with van der Waals surface area (Å²) in [6.07, 6.45) is 4.99. The fourth-order valence-corrected chi connectivity index (χ4v) is 4.01. The number of hydrogen-bond acceptors (Lipinski definition) is 4. The highest BCUT2D eigenvalue weighted by atomic mass is 127. The number of methoxy groups -OCH3 is 1. The van der Waals surface area contributed by atoms with E-state index in [4.69, 9.17) is 9.73 Å². The van der Waals surface area contributed by atoms with E-state index in [2.05, 4.69) is 57.7 Å². The largest absolute Gasteiger partial charge is 0.383 e. The predicted molar refractivity (Wildman–Crippen MR) is 136 cm³/mol. The van der Waals surface area contributed by atoms with Crippen LogP contribution in [0.1, 0.15) is 38.2 Å². The Labute approximate surface area is 199 Å². The van der Waals surface area contributed by atoms with E-state index in [9.17, 15) is 0 Å². The number of aliphatic imine (C=N–C) groups is 1. The highest BCUT2D eigenvalue weighted by molar-refractivity contribution is 14.0. The number of halogens is 1. The molecular weight excluding hydrogens is 489 g/mol. The summed E-state index contributed by atoms with van der Waals surface area (Å²) in [5.74, 6) is 0.969. The molecule has 0 radical (unpaired) electrons. The molecule has 0 aromatic heterocycles. The molecule has 170 valence electrons. The van der Waals surface area contributed by atoms with Gasteiger partial charge in [0.1, 0.15) is 0 Å². The number of rotatable bonds is 11. The highest BCUT2D eigenvalue weighted by Gasteiger charge is 2.28. The van der Waals surface area contributed by atoms with Crippen molar-refractivity contribution in [3.8, 4) is 0 Å². The van der Waals surface area contributed by atoms with Crippen LogP contribution in [0.2, 0.25) is 0 Å². The van der Waals surface area contributed by atoms with Crippen molar-refractivity contribution in [1.82, 2.24) is 20.4 Å². The number of hydrogen-bond donors (Lipinski definition) is 2. The Morgan fingerprint density at radius 3 is 2.50 bits per heavy atom. The van der Waals surface area contributed by atoms with E-state index in [0.29, 0.717) is 6.04 Å². The van der Waals surface area contributed by atoms with E-state index in [1.165, 1.54) is 31.2 Å². The first-order valence-electron chi connectivity index (χ1n) is 11.3. The van der Waals surface area contributed by atoms with Gasteiger partial charge in [-0.05, 0) is 38.2 Å². The van der Waals surface area contributed by atoms with Gasteiger partial charge in [-0.1, -0.05) is 30.3 Å². The molecule has 2 fully saturated rings. The van der Waals surface area contributed by atoms with Gasteiger partial charge in [0.2, 0.25) is 0 Å². The summed E-state index contributed by atoms with van der Waals surface area (Å²) in [4.78, 5) is 9.93. The van der Waals surface area contributed by atoms with Crippen LogP contribution in [0.5, 0.6) is 0 Å². The molecule has 0 amide bonds. The van der Waals surface area contributed by atoms with Crippen molar-refractivity contribution < 1.29 is 4.74 Å². The highest BCUT2D eigenvalue weighted by Crippen LogP contribution is 2.26. The van der Waals surface area contributed by atoms with Crippen molar-refractivity contribution >= 4 is 29.9 Å². The monoisotopic (exact) mass is 529 g/mol. The molecule has 1 saturated heterocycles. The second-order valence-corrected chi connectivity index (χ2v) is 8.20. The zero-order valence-corrected chi connectivity index (χ0v) is 21.0. The third-order valence-electron chi connectivity index (χ3n) is 5.82. The number of ether oxygens (including phenoxy) is 1. The first-order chi connectivity index (χ1) is 14.3. The average molecular weight is 530 g/mol. The molecule has 0 spiro atoms. The van der Waals surface area contributed by atoms with Crippen LogP contribution in [0.4, 0.5) is 0 Å². The van der Waals surface area contributed by atoms with Crippen molar-refractivity contribution in [2.24, 2.45) is 4.99 Å². The van der Waals surface area contributed by atoms with E-state index >= 15 is 0 Å². The van der Waals surface area contributed by atoms with Gasteiger partial charge in [-0.3, -0.25) is 14.8 Å². The summed E-state index contributed by atoms with van der Waals surface area (Å²) in [5, 5.41) is 7.10. The lowest BCUT2D eigenvalue weighted by atomic mass is 10.0. The van der Waals surface area contributed by atoms with Gasteiger partial charge in [-0.15, -0.1) is 24.0 Å². The van der Waals surface area contributed by atoms with Gasteiger partial charge in [0.25, 0.3) is 0 Å². The minimum absolute atomic E-state index is 0. The maximum Gasteiger partial charge on any atom is 0.191 e. The van der Waals surface area contributed by atoms with Crippen LogP contribution >= 0.6 is 24.0 Å². The molecule has 7 heteroatoms. The van der Waals surface area contributed by atoms with Crippen LogP contribution in [-0.2, 0) is 11.3 Å². The summed E-state index contributed by atoms with van der Waals surface area (Å²) in [5.41, 5.74) is 1.41. The Morgan fingerprint density at radius 2 is 1.87 bits per heavy atom. The first-order valence-corrected chi connectivity index (χ1v) is 11.3. The van der Waals surface area contributed by atoms with Crippen molar-refractivity contribution in [2.45, 2.75) is 51.2 Å². The lowest BCUT2D eigenvalue weighted by Crippen LogP contribution is -2.48. The predicted octanol–water partition coefficient (Wildman–Crippen LogP) is 2.93. The van der Waals surface area contributed by atoms with Crippen molar-refractivity contribution in [1.29, 1.82) is 0 Å². The molecule has 1 aromatic rings. The fraction of sp³-hybridized carbons (Fsp3) is 0.696. The van der Waals surface area contributed by atoms with Gasteiger partial charge in [-0.2, -0.15) is 0 Å². The van der Waals surface area contributed by atoms with Gasteiger partial charge in [0.15, 0.2) is 5.96 Å². The van der Waals surface area contributed by atoms with Gasteiger partial charge < -0.3 is 15.4 Å². The van der Waals surface area contributed by atoms with Crippen LogP contribution in [-0.4, -0.2) is 80.8 Å². The standard InChI is InChI=1S/C23H39N5O.HI/c1-3-24-23(25-13-16-28(17-18-29-2)22-9-10-22)26-21-11-14-27(15-12-21)19-20-7-5-4-6-8-20;/h4-8,21-22H,3,9-19H2,1-2H3,(H2,24,25,26);1H. The topological polar surface area (TPSA) is 52.1 Å². The van der Waals surface area contributed by atoms with Gasteiger partial charge in [0.05, 0.1) is 13.2 Å².